The maximum atomic E-state index is 11.4. The first-order valence-electron chi connectivity index (χ1n) is 5.98. The third kappa shape index (κ3) is 4.91. The van der Waals surface area contributed by atoms with E-state index < -0.39 is 0 Å². The second-order valence-electron chi connectivity index (χ2n) is 3.88. The number of nitrogens with one attached hydrogen (secondary N) is 2. The lowest BCUT2D eigenvalue weighted by Gasteiger charge is -2.02. The van der Waals surface area contributed by atoms with Gasteiger partial charge in [-0.1, -0.05) is 39.0 Å². The lowest BCUT2D eigenvalue weighted by molar-refractivity contribution is 0.0948. The van der Waals surface area contributed by atoms with E-state index in [0.29, 0.717) is 5.69 Å². The number of carbonyl (C=O) groups is 1. The van der Waals surface area contributed by atoms with Gasteiger partial charge in [-0.15, -0.1) is 0 Å². The summed E-state index contributed by atoms with van der Waals surface area (Å²) in [5.74, 6) is -0.151. The van der Waals surface area contributed by atoms with Crippen LogP contribution in [0.2, 0.25) is 0 Å². The molecule has 0 aliphatic rings. The molecule has 1 heterocycles. The van der Waals surface area contributed by atoms with Crippen LogP contribution >= 0.6 is 0 Å². The van der Waals surface area contributed by atoms with Crippen molar-refractivity contribution in [3.05, 3.63) is 11.9 Å². The molecule has 0 aromatic carbocycles. The molecule has 0 radical (unpaired) electrons. The van der Waals surface area contributed by atoms with Crippen LogP contribution in [0.5, 0.6) is 0 Å². The zero-order valence-electron chi connectivity index (χ0n) is 9.83. The third-order valence-corrected chi connectivity index (χ3v) is 2.46. The molecule has 1 amide bonds. The summed E-state index contributed by atoms with van der Waals surface area (Å²) < 4.78 is 0. The highest BCUT2D eigenvalue weighted by molar-refractivity contribution is 5.91. The van der Waals surface area contributed by atoms with Crippen molar-refractivity contribution in [2.24, 2.45) is 0 Å². The number of nitrogens with zero attached hydrogens (tertiary/aromatic N) is 2. The quantitative estimate of drug-likeness (QED) is 0.662. The summed E-state index contributed by atoms with van der Waals surface area (Å²) in [5.41, 5.74) is 0.353. The van der Waals surface area contributed by atoms with Crippen LogP contribution in [0.3, 0.4) is 0 Å². The molecule has 2 N–H and O–H groups in total. The van der Waals surface area contributed by atoms with Gasteiger partial charge in [-0.2, -0.15) is 15.4 Å². The van der Waals surface area contributed by atoms with E-state index >= 15 is 0 Å². The Labute approximate surface area is 96.0 Å². The van der Waals surface area contributed by atoms with Gasteiger partial charge in [-0.25, -0.2) is 0 Å². The number of hydrogen-bond acceptors (Lipinski definition) is 3. The van der Waals surface area contributed by atoms with Gasteiger partial charge in [-0.05, 0) is 6.42 Å². The Bertz CT molecular complexity index is 284. The van der Waals surface area contributed by atoms with Crippen molar-refractivity contribution in [1.82, 2.24) is 20.7 Å². The molecule has 1 rings (SSSR count). The Hall–Kier alpha value is -1.39. The number of carbonyl (C=O) groups excluding carboxylic acids is 1. The monoisotopic (exact) mass is 224 g/mol. The van der Waals surface area contributed by atoms with Crippen LogP contribution in [-0.2, 0) is 0 Å². The molecule has 0 saturated carbocycles. The maximum Gasteiger partial charge on any atom is 0.273 e. The van der Waals surface area contributed by atoms with Crippen LogP contribution in [0.4, 0.5) is 0 Å². The second kappa shape index (κ2) is 7.84. The van der Waals surface area contributed by atoms with E-state index in [4.69, 9.17) is 0 Å². The molecule has 16 heavy (non-hydrogen) atoms. The summed E-state index contributed by atoms with van der Waals surface area (Å²) >= 11 is 0. The molecule has 0 aliphatic carbocycles. The van der Waals surface area contributed by atoms with Crippen LogP contribution in [-0.4, -0.2) is 27.9 Å². The fraction of sp³-hybridized carbons (Fsp3) is 0.727. The van der Waals surface area contributed by atoms with Crippen LogP contribution in [0, 0.1) is 0 Å². The summed E-state index contributed by atoms with van der Waals surface area (Å²) in [4.78, 5) is 11.4. The molecule has 5 nitrogen and oxygen atoms in total. The van der Waals surface area contributed by atoms with Crippen molar-refractivity contribution in [3.8, 4) is 0 Å². The van der Waals surface area contributed by atoms with Crippen molar-refractivity contribution in [1.29, 1.82) is 0 Å². The fourth-order valence-electron chi connectivity index (χ4n) is 1.51. The van der Waals surface area contributed by atoms with Crippen molar-refractivity contribution < 1.29 is 4.79 Å². The Kier molecular flexibility index (Phi) is 6.22. The zero-order valence-corrected chi connectivity index (χ0v) is 9.83. The molecule has 90 valence electrons. The smallest absolute Gasteiger partial charge is 0.273 e. The van der Waals surface area contributed by atoms with E-state index in [-0.39, 0.29) is 5.91 Å². The predicted molar refractivity (Wildman–Crippen MR) is 62.1 cm³/mol. The summed E-state index contributed by atoms with van der Waals surface area (Å²) in [7, 11) is 0. The second-order valence-corrected chi connectivity index (χ2v) is 3.88. The first kappa shape index (κ1) is 12.7. The minimum Gasteiger partial charge on any atom is -0.351 e. The van der Waals surface area contributed by atoms with E-state index in [1.54, 1.807) is 0 Å². The van der Waals surface area contributed by atoms with Gasteiger partial charge < -0.3 is 5.32 Å². The van der Waals surface area contributed by atoms with Gasteiger partial charge in [0, 0.05) is 6.54 Å². The number of unbranched alkanes of at least 4 members (excludes halogenated alkanes) is 5. The van der Waals surface area contributed by atoms with Gasteiger partial charge in [0.1, 0.15) is 0 Å². The minimum atomic E-state index is -0.151. The molecule has 0 unspecified atom stereocenters. The van der Waals surface area contributed by atoms with E-state index in [2.05, 4.69) is 27.7 Å². The Morgan fingerprint density at radius 1 is 1.31 bits per heavy atom. The van der Waals surface area contributed by atoms with Crippen LogP contribution in [0.15, 0.2) is 6.20 Å². The van der Waals surface area contributed by atoms with E-state index in [9.17, 15) is 4.79 Å². The number of H-pyrrole nitrogens is 1. The van der Waals surface area contributed by atoms with Gasteiger partial charge in [0.05, 0.1) is 6.20 Å². The summed E-state index contributed by atoms with van der Waals surface area (Å²) in [6.07, 6.45) is 8.78. The average molecular weight is 224 g/mol. The van der Waals surface area contributed by atoms with Gasteiger partial charge in [0.2, 0.25) is 0 Å². The number of amides is 1. The van der Waals surface area contributed by atoms with Gasteiger partial charge >= 0.3 is 0 Å². The van der Waals surface area contributed by atoms with Crippen molar-refractivity contribution >= 4 is 5.91 Å². The number of aromatic nitrogens is 3. The lowest BCUT2D eigenvalue weighted by atomic mass is 10.1. The van der Waals surface area contributed by atoms with Crippen molar-refractivity contribution in [3.63, 3.8) is 0 Å². The van der Waals surface area contributed by atoms with Crippen LogP contribution < -0.4 is 5.32 Å². The first-order valence-corrected chi connectivity index (χ1v) is 5.98. The Morgan fingerprint density at radius 3 is 2.75 bits per heavy atom. The summed E-state index contributed by atoms with van der Waals surface area (Å²) in [6.45, 7) is 2.93. The highest BCUT2D eigenvalue weighted by Crippen LogP contribution is 2.04. The Morgan fingerprint density at radius 2 is 2.06 bits per heavy atom. The number of rotatable bonds is 8. The molecule has 0 aliphatic heterocycles. The predicted octanol–water partition coefficient (Wildman–Crippen LogP) is 1.90. The van der Waals surface area contributed by atoms with Crippen molar-refractivity contribution in [2.45, 2.75) is 45.4 Å². The summed E-state index contributed by atoms with van der Waals surface area (Å²) in [6, 6.07) is 0. The topological polar surface area (TPSA) is 70.7 Å². The highest BCUT2D eigenvalue weighted by Gasteiger charge is 2.06. The Balaban J connectivity index is 1.97. The molecule has 1 aromatic heterocycles. The molecule has 5 heteroatoms. The highest BCUT2D eigenvalue weighted by atomic mass is 16.1. The standard InChI is InChI=1S/C11H20N4O/c1-2-3-4-5-6-7-8-12-11(16)10-9-13-15-14-10/h9H,2-8H2,1H3,(H,12,16)(H,13,14,15). The van der Waals surface area contributed by atoms with E-state index in [0.717, 1.165) is 13.0 Å². The molecule has 1 aromatic rings. The largest absolute Gasteiger partial charge is 0.351 e. The normalized spacial score (nSPS) is 10.3. The van der Waals surface area contributed by atoms with E-state index in [1.165, 1.54) is 38.3 Å². The molecule has 0 fully saturated rings. The van der Waals surface area contributed by atoms with Crippen LogP contribution in [0.1, 0.15) is 55.9 Å². The van der Waals surface area contributed by atoms with Gasteiger partial charge in [0.25, 0.3) is 5.91 Å². The first-order chi connectivity index (χ1) is 7.84. The zero-order chi connectivity index (χ0) is 11.6. The van der Waals surface area contributed by atoms with Crippen molar-refractivity contribution in [2.75, 3.05) is 6.54 Å². The molecular weight excluding hydrogens is 204 g/mol. The average Bonchev–Trinajstić information content (AvgIpc) is 2.81. The number of hydrogen-bond donors (Lipinski definition) is 2. The molecule has 0 spiro atoms. The van der Waals surface area contributed by atoms with E-state index in [1.807, 2.05) is 0 Å². The van der Waals surface area contributed by atoms with Crippen LogP contribution in [0.25, 0.3) is 0 Å². The van der Waals surface area contributed by atoms with Gasteiger partial charge in [0.15, 0.2) is 5.69 Å². The summed E-state index contributed by atoms with van der Waals surface area (Å²) in [5, 5.41) is 12.5. The maximum absolute atomic E-state index is 11.4. The minimum absolute atomic E-state index is 0.151. The number of aromatic amines is 1. The molecule has 0 atom stereocenters. The molecule has 0 bridgehead atoms. The SMILES string of the molecule is CCCCCCCCNC(=O)c1cn[nH]n1. The van der Waals surface area contributed by atoms with Gasteiger partial charge in [-0.3, -0.25) is 4.79 Å². The lowest BCUT2D eigenvalue weighted by Crippen LogP contribution is -2.24. The molecule has 0 saturated heterocycles. The molecular formula is C11H20N4O. The fourth-order valence-corrected chi connectivity index (χ4v) is 1.51. The third-order valence-electron chi connectivity index (χ3n) is 2.46.